The van der Waals surface area contributed by atoms with E-state index in [0.29, 0.717) is 32.4 Å². The highest BCUT2D eigenvalue weighted by atomic mass is 35.5. The summed E-state index contributed by atoms with van der Waals surface area (Å²) in [5, 5.41) is 7.62. The van der Waals surface area contributed by atoms with Crippen molar-refractivity contribution in [3.63, 3.8) is 0 Å². The van der Waals surface area contributed by atoms with Crippen molar-refractivity contribution in [3.05, 3.63) is 99.5 Å². The summed E-state index contributed by atoms with van der Waals surface area (Å²) in [5.74, 6) is -0.607. The first-order valence-corrected chi connectivity index (χ1v) is 9.03. The Bertz CT molecular complexity index is 1020. The van der Waals surface area contributed by atoms with Crippen LogP contribution in [0.4, 0.5) is 5.69 Å². The molecule has 0 aliphatic heterocycles. The summed E-state index contributed by atoms with van der Waals surface area (Å²) in [5.41, 5.74) is 4.60. The largest absolute Gasteiger partial charge is 0.322 e. The van der Waals surface area contributed by atoms with Crippen molar-refractivity contribution in [2.45, 2.75) is 0 Å². The molecule has 0 heterocycles. The van der Waals surface area contributed by atoms with Crippen LogP contribution in [0.5, 0.6) is 0 Å². The van der Waals surface area contributed by atoms with Crippen molar-refractivity contribution in [2.75, 3.05) is 5.32 Å². The number of carbonyl (C=O) groups excluding carboxylic acids is 2. The minimum atomic E-state index is -0.387. The molecule has 3 rings (SSSR count). The third kappa shape index (κ3) is 5.19. The number of hydrazone groups is 1. The van der Waals surface area contributed by atoms with E-state index >= 15 is 0 Å². The van der Waals surface area contributed by atoms with Gasteiger partial charge in [0.1, 0.15) is 0 Å². The lowest BCUT2D eigenvalue weighted by atomic mass is 10.1. The maximum absolute atomic E-state index is 12.2. The van der Waals surface area contributed by atoms with Gasteiger partial charge in [-0.25, -0.2) is 5.43 Å². The Kier molecular flexibility index (Phi) is 6.42. The number of nitrogens with zero attached hydrogens (tertiary/aromatic N) is 1. The lowest BCUT2D eigenvalue weighted by Crippen LogP contribution is -2.18. The number of hydrogen-bond acceptors (Lipinski definition) is 3. The molecule has 0 aliphatic rings. The molecule has 0 aromatic heterocycles. The van der Waals surface area contributed by atoms with Crippen LogP contribution in [-0.2, 0) is 0 Å². The standard InChI is InChI=1S/C21H15Cl2N3O2/c22-17-9-6-16(19(23)12-17)13-24-26-21(28)15-7-10-18(11-8-15)25-20(27)14-4-2-1-3-5-14/h1-13H,(H,25,27)(H,26,28)/b24-13+. The number of anilines is 1. The summed E-state index contributed by atoms with van der Waals surface area (Å²) in [4.78, 5) is 24.3. The van der Waals surface area contributed by atoms with E-state index in [9.17, 15) is 9.59 Å². The molecule has 28 heavy (non-hydrogen) atoms. The topological polar surface area (TPSA) is 70.6 Å². The number of nitrogens with one attached hydrogen (secondary N) is 2. The molecule has 2 amide bonds. The zero-order chi connectivity index (χ0) is 19.9. The monoisotopic (exact) mass is 411 g/mol. The van der Waals surface area contributed by atoms with Crippen LogP contribution in [0.15, 0.2) is 77.9 Å². The van der Waals surface area contributed by atoms with Crippen molar-refractivity contribution >= 4 is 46.9 Å². The summed E-state index contributed by atoms with van der Waals surface area (Å²) in [6.07, 6.45) is 1.44. The van der Waals surface area contributed by atoms with Gasteiger partial charge in [-0.05, 0) is 48.5 Å². The predicted molar refractivity (Wildman–Crippen MR) is 112 cm³/mol. The van der Waals surface area contributed by atoms with Crippen LogP contribution in [-0.4, -0.2) is 18.0 Å². The maximum atomic E-state index is 12.2. The molecule has 0 spiro atoms. The molecule has 5 nitrogen and oxygen atoms in total. The van der Waals surface area contributed by atoms with Gasteiger partial charge in [0.05, 0.1) is 11.2 Å². The van der Waals surface area contributed by atoms with E-state index in [1.54, 1.807) is 66.7 Å². The summed E-state index contributed by atoms with van der Waals surface area (Å²) >= 11 is 11.9. The minimum Gasteiger partial charge on any atom is -0.322 e. The van der Waals surface area contributed by atoms with Gasteiger partial charge in [0.25, 0.3) is 11.8 Å². The number of halogens is 2. The first kappa shape index (κ1) is 19.6. The smallest absolute Gasteiger partial charge is 0.271 e. The van der Waals surface area contributed by atoms with Crippen molar-refractivity contribution in [1.29, 1.82) is 0 Å². The van der Waals surface area contributed by atoms with Crippen LogP contribution in [0.2, 0.25) is 10.0 Å². The Morgan fingerprint density at radius 1 is 0.821 bits per heavy atom. The summed E-state index contributed by atoms with van der Waals surface area (Å²) in [6, 6.07) is 20.3. The Morgan fingerprint density at radius 2 is 1.50 bits per heavy atom. The van der Waals surface area contributed by atoms with Crippen molar-refractivity contribution < 1.29 is 9.59 Å². The van der Waals surface area contributed by atoms with Crippen molar-refractivity contribution in [2.24, 2.45) is 5.10 Å². The Hall–Kier alpha value is -3.15. The van der Waals surface area contributed by atoms with E-state index < -0.39 is 0 Å². The highest BCUT2D eigenvalue weighted by Crippen LogP contribution is 2.19. The van der Waals surface area contributed by atoms with Crippen LogP contribution in [0, 0.1) is 0 Å². The van der Waals surface area contributed by atoms with E-state index in [1.807, 2.05) is 6.07 Å². The Labute approximate surface area is 172 Å². The zero-order valence-corrected chi connectivity index (χ0v) is 16.0. The second-order valence-electron chi connectivity index (χ2n) is 5.76. The van der Waals surface area contributed by atoms with Crippen molar-refractivity contribution in [3.8, 4) is 0 Å². The molecule has 7 heteroatoms. The molecule has 0 atom stereocenters. The van der Waals surface area contributed by atoms with Gasteiger partial charge < -0.3 is 5.32 Å². The molecule has 0 radical (unpaired) electrons. The third-order valence-electron chi connectivity index (χ3n) is 3.77. The normalized spacial score (nSPS) is 10.6. The minimum absolute atomic E-state index is 0.220. The summed E-state index contributed by atoms with van der Waals surface area (Å²) in [6.45, 7) is 0. The van der Waals surface area contributed by atoms with Gasteiger partial charge in [-0.2, -0.15) is 5.10 Å². The second-order valence-corrected chi connectivity index (χ2v) is 6.61. The van der Waals surface area contributed by atoms with Gasteiger partial charge in [0, 0.05) is 27.4 Å². The number of rotatable bonds is 5. The number of carbonyl (C=O) groups is 2. The average molecular weight is 412 g/mol. The van der Waals surface area contributed by atoms with Gasteiger partial charge in [0.2, 0.25) is 0 Å². The first-order valence-electron chi connectivity index (χ1n) is 8.28. The van der Waals surface area contributed by atoms with E-state index in [4.69, 9.17) is 23.2 Å². The molecule has 0 aliphatic carbocycles. The fourth-order valence-corrected chi connectivity index (χ4v) is 2.79. The lowest BCUT2D eigenvalue weighted by molar-refractivity contribution is 0.0954. The van der Waals surface area contributed by atoms with Crippen LogP contribution in [0.1, 0.15) is 26.3 Å². The molecule has 0 saturated carbocycles. The average Bonchev–Trinajstić information content (AvgIpc) is 2.70. The van der Waals surface area contributed by atoms with Crippen LogP contribution in [0.3, 0.4) is 0 Å². The Morgan fingerprint density at radius 3 is 2.18 bits per heavy atom. The molecule has 3 aromatic rings. The molecular weight excluding hydrogens is 397 g/mol. The summed E-state index contributed by atoms with van der Waals surface area (Å²) < 4.78 is 0. The first-order chi connectivity index (χ1) is 13.5. The fraction of sp³-hybridized carbons (Fsp3) is 0. The Balaban J connectivity index is 1.59. The molecule has 140 valence electrons. The zero-order valence-electron chi connectivity index (χ0n) is 14.5. The van der Waals surface area contributed by atoms with Crippen LogP contribution in [0.25, 0.3) is 0 Å². The van der Waals surface area contributed by atoms with Crippen LogP contribution < -0.4 is 10.7 Å². The van der Waals surface area contributed by atoms with Crippen molar-refractivity contribution in [1.82, 2.24) is 5.43 Å². The second kappa shape index (κ2) is 9.17. The highest BCUT2D eigenvalue weighted by molar-refractivity contribution is 6.36. The number of benzene rings is 3. The molecular formula is C21H15Cl2N3O2. The quantitative estimate of drug-likeness (QED) is 0.457. The van der Waals surface area contributed by atoms with E-state index in [-0.39, 0.29) is 11.8 Å². The predicted octanol–water partition coefficient (Wildman–Crippen LogP) is 5.01. The molecule has 3 aromatic carbocycles. The fourth-order valence-electron chi connectivity index (χ4n) is 2.33. The van der Waals surface area contributed by atoms with Gasteiger partial charge in [-0.15, -0.1) is 0 Å². The van der Waals surface area contributed by atoms with Crippen LogP contribution >= 0.6 is 23.2 Å². The highest BCUT2D eigenvalue weighted by Gasteiger charge is 2.07. The van der Waals surface area contributed by atoms with Gasteiger partial charge in [-0.3, -0.25) is 9.59 Å². The van der Waals surface area contributed by atoms with Gasteiger partial charge in [0.15, 0.2) is 0 Å². The molecule has 2 N–H and O–H groups in total. The number of amides is 2. The SMILES string of the molecule is O=C(N/N=C/c1ccc(Cl)cc1Cl)c1ccc(NC(=O)c2ccccc2)cc1. The lowest BCUT2D eigenvalue weighted by Gasteiger charge is -2.06. The summed E-state index contributed by atoms with van der Waals surface area (Å²) in [7, 11) is 0. The number of hydrogen-bond donors (Lipinski definition) is 2. The van der Waals surface area contributed by atoms with E-state index in [1.165, 1.54) is 6.21 Å². The van der Waals surface area contributed by atoms with Gasteiger partial charge in [-0.1, -0.05) is 47.5 Å². The molecule has 0 bridgehead atoms. The molecule has 0 unspecified atom stereocenters. The third-order valence-corrected chi connectivity index (χ3v) is 4.34. The van der Waals surface area contributed by atoms with E-state index in [2.05, 4.69) is 15.8 Å². The maximum Gasteiger partial charge on any atom is 0.271 e. The van der Waals surface area contributed by atoms with Gasteiger partial charge >= 0.3 is 0 Å². The van der Waals surface area contributed by atoms with E-state index in [0.717, 1.165) is 0 Å². The molecule has 0 saturated heterocycles. The molecule has 0 fully saturated rings.